The van der Waals surface area contributed by atoms with Crippen LogP contribution in [-0.4, -0.2) is 13.6 Å². The summed E-state index contributed by atoms with van der Waals surface area (Å²) in [5.74, 6) is -5.71. The Hall–Kier alpha value is -1.61. The van der Waals surface area contributed by atoms with Gasteiger partial charge in [0.15, 0.2) is 23.3 Å². The van der Waals surface area contributed by atoms with Gasteiger partial charge in [0.1, 0.15) is 5.56 Å². The third-order valence-corrected chi connectivity index (χ3v) is 1.92. The Bertz CT molecular complexity index is 458. The predicted molar refractivity (Wildman–Crippen MR) is 51.7 cm³/mol. The maximum atomic E-state index is 13.1. The minimum absolute atomic E-state index is 0.232. The number of hydrogen-bond acceptors (Lipinski definition) is 1. The lowest BCUT2D eigenvalue weighted by molar-refractivity contribution is 0.376. The first-order valence-electron chi connectivity index (χ1n) is 4.65. The van der Waals surface area contributed by atoms with Gasteiger partial charge >= 0.3 is 0 Å². The van der Waals surface area contributed by atoms with Gasteiger partial charge in [-0.15, -0.1) is 0 Å². The summed E-state index contributed by atoms with van der Waals surface area (Å²) < 4.78 is 64.3. The molecule has 1 N–H and O–H groups in total. The number of benzene rings is 1. The van der Waals surface area contributed by atoms with Gasteiger partial charge in [-0.05, 0) is 7.05 Å². The zero-order valence-corrected chi connectivity index (χ0v) is 8.80. The molecule has 0 saturated carbocycles. The SMILES string of the molecule is CNCCC#Cc1c(F)c(F)c(F)c(F)c1F. The van der Waals surface area contributed by atoms with E-state index in [9.17, 15) is 22.0 Å². The van der Waals surface area contributed by atoms with E-state index in [0.717, 1.165) is 0 Å². The topological polar surface area (TPSA) is 12.0 Å². The highest BCUT2D eigenvalue weighted by atomic mass is 19.2. The molecule has 0 amide bonds. The summed E-state index contributed by atoms with van der Waals surface area (Å²) in [6, 6.07) is 0. The summed E-state index contributed by atoms with van der Waals surface area (Å²) in [5, 5.41) is 2.72. The van der Waals surface area contributed by atoms with E-state index in [4.69, 9.17) is 0 Å². The first kappa shape index (κ1) is 13.5. The molecule has 1 aromatic rings. The molecular formula is C11H8F5N. The van der Waals surface area contributed by atoms with Gasteiger partial charge in [-0.3, -0.25) is 0 Å². The highest BCUT2D eigenvalue weighted by Crippen LogP contribution is 2.22. The van der Waals surface area contributed by atoms with Gasteiger partial charge in [0.05, 0.1) is 0 Å². The van der Waals surface area contributed by atoms with Crippen molar-refractivity contribution in [3.63, 3.8) is 0 Å². The molecule has 1 aromatic carbocycles. The Kier molecular flexibility index (Phi) is 4.46. The zero-order chi connectivity index (χ0) is 13.0. The lowest BCUT2D eigenvalue weighted by Crippen LogP contribution is -2.06. The average molecular weight is 249 g/mol. The van der Waals surface area contributed by atoms with Crippen molar-refractivity contribution in [3.05, 3.63) is 34.6 Å². The Labute approximate surface area is 94.6 Å². The van der Waals surface area contributed by atoms with Crippen molar-refractivity contribution < 1.29 is 22.0 Å². The van der Waals surface area contributed by atoms with Crippen LogP contribution in [-0.2, 0) is 0 Å². The molecule has 17 heavy (non-hydrogen) atoms. The Morgan fingerprint density at radius 2 is 1.35 bits per heavy atom. The van der Waals surface area contributed by atoms with Gasteiger partial charge in [-0.1, -0.05) is 11.8 Å². The third-order valence-electron chi connectivity index (χ3n) is 1.92. The quantitative estimate of drug-likeness (QED) is 0.279. The van der Waals surface area contributed by atoms with Crippen LogP contribution in [0.5, 0.6) is 0 Å². The standard InChI is InChI=1S/C11H8F5N/c1-17-5-3-2-4-6-7(12)9(14)11(16)10(15)8(6)13/h17H,3,5H2,1H3. The minimum atomic E-state index is -2.18. The molecule has 0 heterocycles. The molecule has 1 nitrogen and oxygen atoms in total. The monoisotopic (exact) mass is 249 g/mol. The molecule has 0 aliphatic heterocycles. The van der Waals surface area contributed by atoms with Crippen LogP contribution in [0.1, 0.15) is 12.0 Å². The lowest BCUT2D eigenvalue weighted by atomic mass is 10.1. The van der Waals surface area contributed by atoms with Crippen LogP contribution in [0.15, 0.2) is 0 Å². The van der Waals surface area contributed by atoms with Crippen molar-refractivity contribution in [2.24, 2.45) is 0 Å². The fourth-order valence-corrected chi connectivity index (χ4v) is 1.05. The minimum Gasteiger partial charge on any atom is -0.319 e. The summed E-state index contributed by atoms with van der Waals surface area (Å²) in [6.07, 6.45) is 0.232. The van der Waals surface area contributed by atoms with E-state index in [2.05, 4.69) is 11.2 Å². The van der Waals surface area contributed by atoms with Crippen LogP contribution < -0.4 is 5.32 Å². The van der Waals surface area contributed by atoms with Crippen molar-refractivity contribution in [2.45, 2.75) is 6.42 Å². The highest BCUT2D eigenvalue weighted by molar-refractivity contribution is 5.38. The second-order valence-electron chi connectivity index (χ2n) is 3.10. The molecule has 0 atom stereocenters. The molecular weight excluding hydrogens is 241 g/mol. The maximum Gasteiger partial charge on any atom is 0.200 e. The van der Waals surface area contributed by atoms with Crippen molar-refractivity contribution in [1.82, 2.24) is 5.32 Å². The normalized spacial score (nSPS) is 10.0. The van der Waals surface area contributed by atoms with Gasteiger partial charge < -0.3 is 5.32 Å². The smallest absolute Gasteiger partial charge is 0.200 e. The lowest BCUT2D eigenvalue weighted by Gasteiger charge is -2.02. The molecule has 6 heteroatoms. The summed E-state index contributed by atoms with van der Waals surface area (Å²) in [7, 11) is 1.64. The second kappa shape index (κ2) is 5.64. The van der Waals surface area contributed by atoms with Crippen LogP contribution >= 0.6 is 0 Å². The van der Waals surface area contributed by atoms with E-state index in [1.54, 1.807) is 7.05 Å². The Balaban J connectivity index is 3.19. The van der Waals surface area contributed by atoms with Gasteiger partial charge in [0.2, 0.25) is 5.82 Å². The molecule has 0 saturated heterocycles. The van der Waals surface area contributed by atoms with Gasteiger partial charge in [-0.2, -0.15) is 0 Å². The van der Waals surface area contributed by atoms with E-state index < -0.39 is 34.6 Å². The Morgan fingerprint density at radius 3 is 1.82 bits per heavy atom. The molecule has 0 aliphatic carbocycles. The summed E-state index contributed by atoms with van der Waals surface area (Å²) in [6.45, 7) is 0.447. The van der Waals surface area contributed by atoms with Crippen molar-refractivity contribution in [2.75, 3.05) is 13.6 Å². The number of rotatable bonds is 2. The van der Waals surface area contributed by atoms with Crippen LogP contribution in [0.2, 0.25) is 0 Å². The molecule has 0 aromatic heterocycles. The molecule has 1 rings (SSSR count). The molecule has 0 unspecified atom stereocenters. The maximum absolute atomic E-state index is 13.1. The number of hydrogen-bond donors (Lipinski definition) is 1. The first-order valence-corrected chi connectivity index (χ1v) is 4.65. The Morgan fingerprint density at radius 1 is 0.882 bits per heavy atom. The average Bonchev–Trinajstić information content (AvgIpc) is 2.33. The molecule has 0 spiro atoms. The van der Waals surface area contributed by atoms with Crippen molar-refractivity contribution in [3.8, 4) is 11.8 Å². The van der Waals surface area contributed by atoms with E-state index in [0.29, 0.717) is 6.54 Å². The number of nitrogens with one attached hydrogen (secondary N) is 1. The van der Waals surface area contributed by atoms with Gasteiger partial charge in [0.25, 0.3) is 0 Å². The zero-order valence-electron chi connectivity index (χ0n) is 8.80. The fourth-order valence-electron chi connectivity index (χ4n) is 1.05. The van der Waals surface area contributed by atoms with E-state index in [1.807, 2.05) is 5.92 Å². The first-order chi connectivity index (χ1) is 8.00. The summed E-state index contributed by atoms with van der Waals surface area (Å²) in [5.41, 5.74) is -1.10. The molecule has 0 fully saturated rings. The molecule has 0 radical (unpaired) electrons. The fraction of sp³-hybridized carbons (Fsp3) is 0.273. The summed E-state index contributed by atoms with van der Waals surface area (Å²) >= 11 is 0. The predicted octanol–water partition coefficient (Wildman–Crippen LogP) is 2.34. The van der Waals surface area contributed by atoms with E-state index in [-0.39, 0.29) is 6.42 Å². The molecule has 0 bridgehead atoms. The van der Waals surface area contributed by atoms with Crippen LogP contribution in [0.4, 0.5) is 22.0 Å². The van der Waals surface area contributed by atoms with Crippen LogP contribution in [0.3, 0.4) is 0 Å². The highest BCUT2D eigenvalue weighted by Gasteiger charge is 2.24. The van der Waals surface area contributed by atoms with Crippen LogP contribution in [0.25, 0.3) is 0 Å². The van der Waals surface area contributed by atoms with Gasteiger partial charge in [-0.25, -0.2) is 22.0 Å². The van der Waals surface area contributed by atoms with Gasteiger partial charge in [0, 0.05) is 13.0 Å². The molecule has 92 valence electrons. The van der Waals surface area contributed by atoms with E-state index >= 15 is 0 Å². The largest absolute Gasteiger partial charge is 0.319 e. The van der Waals surface area contributed by atoms with Crippen molar-refractivity contribution in [1.29, 1.82) is 0 Å². The third kappa shape index (κ3) is 2.74. The van der Waals surface area contributed by atoms with Crippen LogP contribution in [0, 0.1) is 40.9 Å². The second-order valence-corrected chi connectivity index (χ2v) is 3.10. The number of halogens is 5. The van der Waals surface area contributed by atoms with E-state index in [1.165, 1.54) is 0 Å². The summed E-state index contributed by atoms with van der Waals surface area (Å²) in [4.78, 5) is 0. The molecule has 0 aliphatic rings. The van der Waals surface area contributed by atoms with Crippen molar-refractivity contribution >= 4 is 0 Å².